The van der Waals surface area contributed by atoms with Crippen LogP contribution in [-0.2, 0) is 28.9 Å². The largest absolute Gasteiger partial charge is 0.372 e. The third-order valence-corrected chi connectivity index (χ3v) is 7.53. The van der Waals surface area contributed by atoms with Crippen molar-refractivity contribution in [1.29, 1.82) is 0 Å². The number of ether oxygens (including phenoxy) is 1. The zero-order chi connectivity index (χ0) is 25.6. The van der Waals surface area contributed by atoms with Gasteiger partial charge in [0.25, 0.3) is 5.91 Å². The molecule has 194 valence electrons. The van der Waals surface area contributed by atoms with Gasteiger partial charge in [-0.15, -0.1) is 0 Å². The van der Waals surface area contributed by atoms with Gasteiger partial charge in [-0.05, 0) is 69.6 Å². The summed E-state index contributed by atoms with van der Waals surface area (Å²) in [6, 6.07) is 2.09. The van der Waals surface area contributed by atoms with Crippen molar-refractivity contribution in [3.63, 3.8) is 0 Å². The van der Waals surface area contributed by atoms with E-state index in [1.54, 1.807) is 14.5 Å². The van der Waals surface area contributed by atoms with Crippen molar-refractivity contribution in [2.24, 2.45) is 0 Å². The number of hydrogen-bond donors (Lipinski definition) is 0. The second-order valence-corrected chi connectivity index (χ2v) is 10.2. The first-order chi connectivity index (χ1) is 17.2. The molecule has 1 aliphatic carbocycles. The van der Waals surface area contributed by atoms with Crippen LogP contribution in [0.1, 0.15) is 66.3 Å². The molecule has 0 N–H and O–H groups in total. The molecular weight excluding hydrogens is 473 g/mol. The Hall–Kier alpha value is -2.88. The number of likely N-dealkylation sites (tertiary alicyclic amines) is 1. The number of carbonyl (C=O) groups is 2. The molecule has 2 fully saturated rings. The molecule has 0 radical (unpaired) electrons. The van der Waals surface area contributed by atoms with E-state index >= 15 is 0 Å². The second kappa shape index (κ2) is 9.88. The molecule has 0 bridgehead atoms. The lowest BCUT2D eigenvalue weighted by Crippen LogP contribution is -2.48. The Bertz CT molecular complexity index is 1140. The number of fused-ring (bicyclic) bond motifs is 1. The molecule has 36 heavy (non-hydrogen) atoms. The number of benzene rings is 1. The first-order valence-corrected chi connectivity index (χ1v) is 12.7. The molecule has 5 rings (SSSR count). The van der Waals surface area contributed by atoms with E-state index in [1.807, 2.05) is 13.8 Å². The SMILES string of the molecule is C[C@@H]1CN(C(=O)c2nn(CC(=O)N3CCC(c4cc(F)c(F)c(F)c4)CC3)c3c2CCC3)C[C@H](C)O1. The highest BCUT2D eigenvalue weighted by Crippen LogP contribution is 2.31. The molecule has 0 saturated carbocycles. The number of aromatic nitrogens is 2. The monoisotopic (exact) mass is 504 g/mol. The molecule has 0 unspecified atom stereocenters. The number of hydrogen-bond acceptors (Lipinski definition) is 4. The van der Waals surface area contributed by atoms with Crippen molar-refractivity contribution < 1.29 is 27.5 Å². The highest BCUT2D eigenvalue weighted by molar-refractivity contribution is 5.94. The number of halogens is 3. The van der Waals surface area contributed by atoms with Crippen LogP contribution in [-0.4, -0.2) is 69.8 Å². The number of carbonyl (C=O) groups excluding carboxylic acids is 2. The molecule has 3 heterocycles. The van der Waals surface area contributed by atoms with E-state index < -0.39 is 17.5 Å². The topological polar surface area (TPSA) is 67.7 Å². The number of piperidine rings is 1. The highest BCUT2D eigenvalue weighted by atomic mass is 19.2. The molecule has 1 aromatic carbocycles. The lowest BCUT2D eigenvalue weighted by molar-refractivity contribution is -0.133. The van der Waals surface area contributed by atoms with Gasteiger partial charge < -0.3 is 14.5 Å². The van der Waals surface area contributed by atoms with Crippen LogP contribution in [0.25, 0.3) is 0 Å². The van der Waals surface area contributed by atoms with E-state index in [0.29, 0.717) is 50.3 Å². The van der Waals surface area contributed by atoms with Crippen molar-refractivity contribution in [2.45, 2.75) is 70.6 Å². The van der Waals surface area contributed by atoms with E-state index in [0.717, 1.165) is 42.7 Å². The maximum Gasteiger partial charge on any atom is 0.274 e. The van der Waals surface area contributed by atoms with Crippen molar-refractivity contribution >= 4 is 11.8 Å². The molecule has 2 saturated heterocycles. The van der Waals surface area contributed by atoms with E-state index in [-0.39, 0.29) is 36.5 Å². The third-order valence-electron chi connectivity index (χ3n) is 7.53. The Morgan fingerprint density at radius 3 is 2.28 bits per heavy atom. The smallest absolute Gasteiger partial charge is 0.274 e. The first-order valence-electron chi connectivity index (χ1n) is 12.7. The Labute approximate surface area is 208 Å². The fourth-order valence-corrected chi connectivity index (χ4v) is 5.81. The number of nitrogens with zero attached hydrogens (tertiary/aromatic N) is 4. The van der Waals surface area contributed by atoms with Gasteiger partial charge in [-0.1, -0.05) is 0 Å². The van der Waals surface area contributed by atoms with Gasteiger partial charge in [0.05, 0.1) is 12.2 Å². The fraction of sp³-hybridized carbons (Fsp3) is 0.577. The van der Waals surface area contributed by atoms with Gasteiger partial charge in [-0.2, -0.15) is 5.10 Å². The summed E-state index contributed by atoms with van der Waals surface area (Å²) >= 11 is 0. The van der Waals surface area contributed by atoms with Crippen LogP contribution in [0, 0.1) is 17.5 Å². The molecule has 3 aliphatic rings. The first kappa shape index (κ1) is 24.8. The minimum atomic E-state index is -1.46. The quantitative estimate of drug-likeness (QED) is 0.599. The molecule has 2 aromatic rings. The average molecular weight is 505 g/mol. The third kappa shape index (κ3) is 4.75. The van der Waals surface area contributed by atoms with Gasteiger partial charge in [0.2, 0.25) is 5.91 Å². The summed E-state index contributed by atoms with van der Waals surface area (Å²) in [4.78, 5) is 29.9. The van der Waals surface area contributed by atoms with E-state index in [1.165, 1.54) is 0 Å². The maximum absolute atomic E-state index is 13.6. The maximum atomic E-state index is 13.6. The average Bonchev–Trinajstić information content (AvgIpc) is 3.45. The molecule has 0 spiro atoms. The van der Waals surface area contributed by atoms with Gasteiger partial charge in [0.15, 0.2) is 23.1 Å². The summed E-state index contributed by atoms with van der Waals surface area (Å²) < 4.78 is 48.0. The molecule has 2 aliphatic heterocycles. The predicted octanol–water partition coefficient (Wildman–Crippen LogP) is 3.44. The molecular formula is C26H31F3N4O3. The predicted molar refractivity (Wildman–Crippen MR) is 125 cm³/mol. The van der Waals surface area contributed by atoms with E-state index in [2.05, 4.69) is 5.10 Å². The van der Waals surface area contributed by atoms with Crippen molar-refractivity contribution in [2.75, 3.05) is 26.2 Å². The van der Waals surface area contributed by atoms with Crippen molar-refractivity contribution in [3.8, 4) is 0 Å². The van der Waals surface area contributed by atoms with Gasteiger partial charge in [-0.3, -0.25) is 14.3 Å². The fourth-order valence-electron chi connectivity index (χ4n) is 5.81. The summed E-state index contributed by atoms with van der Waals surface area (Å²) in [6.07, 6.45) is 3.46. The van der Waals surface area contributed by atoms with Crippen LogP contribution in [0.2, 0.25) is 0 Å². The van der Waals surface area contributed by atoms with Crippen LogP contribution in [0.5, 0.6) is 0 Å². The van der Waals surface area contributed by atoms with Gasteiger partial charge in [0.1, 0.15) is 6.54 Å². The number of rotatable bonds is 4. The minimum absolute atomic E-state index is 0.0414. The zero-order valence-electron chi connectivity index (χ0n) is 20.6. The molecule has 2 amide bonds. The molecule has 10 heteroatoms. The number of amides is 2. The van der Waals surface area contributed by atoms with Crippen molar-refractivity contribution in [3.05, 3.63) is 52.1 Å². The minimum Gasteiger partial charge on any atom is -0.372 e. The molecule has 7 nitrogen and oxygen atoms in total. The lowest BCUT2D eigenvalue weighted by atomic mass is 9.89. The van der Waals surface area contributed by atoms with Crippen LogP contribution < -0.4 is 0 Å². The Morgan fingerprint density at radius 1 is 1.00 bits per heavy atom. The van der Waals surface area contributed by atoms with Crippen LogP contribution in [0.15, 0.2) is 12.1 Å². The standard InChI is InChI=1S/C26H31F3N4O3/c1-15-12-32(13-16(2)36-15)26(35)25-19-4-3-5-22(19)33(30-25)14-23(34)31-8-6-17(7-9-31)18-10-20(27)24(29)21(28)11-18/h10-11,15-17H,3-9,12-14H2,1-2H3/t15-,16+. The van der Waals surface area contributed by atoms with Crippen LogP contribution in [0.4, 0.5) is 13.2 Å². The summed E-state index contributed by atoms with van der Waals surface area (Å²) in [5.41, 5.74) is 2.75. The molecule has 2 atom stereocenters. The van der Waals surface area contributed by atoms with Gasteiger partial charge in [-0.25, -0.2) is 13.2 Å². The highest BCUT2D eigenvalue weighted by Gasteiger charge is 2.34. The molecule has 1 aromatic heterocycles. The normalized spacial score (nSPS) is 22.7. The van der Waals surface area contributed by atoms with Crippen LogP contribution >= 0.6 is 0 Å². The van der Waals surface area contributed by atoms with Gasteiger partial charge >= 0.3 is 0 Å². The summed E-state index contributed by atoms with van der Waals surface area (Å²) in [7, 11) is 0. The Morgan fingerprint density at radius 2 is 1.64 bits per heavy atom. The zero-order valence-corrected chi connectivity index (χ0v) is 20.6. The Kier molecular flexibility index (Phi) is 6.80. The van der Waals surface area contributed by atoms with Crippen molar-refractivity contribution in [1.82, 2.24) is 19.6 Å². The van der Waals surface area contributed by atoms with E-state index in [4.69, 9.17) is 4.74 Å². The number of morpholine rings is 1. The Balaban J connectivity index is 1.25. The van der Waals surface area contributed by atoms with E-state index in [9.17, 15) is 22.8 Å². The summed E-state index contributed by atoms with van der Waals surface area (Å²) in [5, 5.41) is 4.60. The van der Waals surface area contributed by atoms with Crippen LogP contribution in [0.3, 0.4) is 0 Å². The summed E-state index contributed by atoms with van der Waals surface area (Å²) in [6.45, 7) is 5.84. The summed E-state index contributed by atoms with van der Waals surface area (Å²) in [5.74, 6) is -4.20. The van der Waals surface area contributed by atoms with Gasteiger partial charge in [0, 0.05) is 37.4 Å². The lowest BCUT2D eigenvalue weighted by Gasteiger charge is -2.35. The second-order valence-electron chi connectivity index (χ2n) is 10.2.